The second-order valence-corrected chi connectivity index (χ2v) is 19.1. The molecule has 0 saturated carbocycles. The predicted octanol–water partition coefficient (Wildman–Crippen LogP) is 9.64. The van der Waals surface area contributed by atoms with E-state index in [9.17, 15) is 14.9 Å². The van der Waals surface area contributed by atoms with Crippen molar-refractivity contribution in [2.24, 2.45) is 5.92 Å². The summed E-state index contributed by atoms with van der Waals surface area (Å²) in [5.74, 6) is -0.532. The van der Waals surface area contributed by atoms with Gasteiger partial charge in [0.2, 0.25) is 5.91 Å². The Kier molecular flexibility index (Phi) is 11.6. The maximum atomic E-state index is 15.0. The maximum Gasteiger partial charge on any atom is 0.417 e. The monoisotopic (exact) mass is 709 g/mol. The van der Waals surface area contributed by atoms with Crippen molar-refractivity contribution in [1.29, 1.82) is 0 Å². The van der Waals surface area contributed by atoms with Crippen molar-refractivity contribution < 1.29 is 28.4 Å². The molecule has 5 rings (SSSR count). The number of nitrogens with one attached hydrogen (secondary N) is 1. The van der Waals surface area contributed by atoms with Gasteiger partial charge in [-0.1, -0.05) is 93.6 Å². The van der Waals surface area contributed by atoms with Gasteiger partial charge < -0.3 is 19.2 Å². The smallest absolute Gasteiger partial charge is 0.417 e. The Hall–Kier alpha value is -5.00. The van der Waals surface area contributed by atoms with E-state index < -0.39 is 37.3 Å². The Labute approximate surface area is 301 Å². The van der Waals surface area contributed by atoms with Crippen molar-refractivity contribution in [2.75, 3.05) is 19.0 Å². The van der Waals surface area contributed by atoms with E-state index in [1.165, 1.54) is 17.0 Å². The van der Waals surface area contributed by atoms with E-state index in [1.807, 2.05) is 84.9 Å². The predicted molar refractivity (Wildman–Crippen MR) is 200 cm³/mol. The fourth-order valence-corrected chi connectivity index (χ4v) is 7.43. The largest absolute Gasteiger partial charge is 0.497 e. The summed E-state index contributed by atoms with van der Waals surface area (Å²) in [7, 11) is -0.687. The molecule has 1 fully saturated rings. The third-order valence-electron chi connectivity index (χ3n) is 10.0. The van der Waals surface area contributed by atoms with E-state index >= 15 is 4.79 Å². The van der Waals surface area contributed by atoms with Crippen LogP contribution in [0.5, 0.6) is 5.75 Å². The summed E-state index contributed by atoms with van der Waals surface area (Å²) in [6.45, 7) is 11.1. The summed E-state index contributed by atoms with van der Waals surface area (Å²) in [6.07, 6.45) is -0.177. The highest BCUT2D eigenvalue weighted by atomic mass is 28.4. The number of hydrogen-bond donors (Lipinski definition) is 1. The van der Waals surface area contributed by atoms with Crippen molar-refractivity contribution in [2.45, 2.75) is 69.9 Å². The van der Waals surface area contributed by atoms with Crippen molar-refractivity contribution >= 4 is 31.7 Å². The van der Waals surface area contributed by atoms with Crippen LogP contribution >= 0.6 is 0 Å². The van der Waals surface area contributed by atoms with Gasteiger partial charge in [-0.3, -0.25) is 14.9 Å². The number of carbonyl (C=O) groups excluding carboxylic acids is 2. The van der Waals surface area contributed by atoms with Crippen LogP contribution in [0, 0.1) is 16.0 Å². The van der Waals surface area contributed by atoms with Gasteiger partial charge in [-0.05, 0) is 71.9 Å². The number of imide groups is 1. The lowest BCUT2D eigenvalue weighted by molar-refractivity contribution is -0.384. The van der Waals surface area contributed by atoms with Gasteiger partial charge in [-0.15, -0.1) is 0 Å². The van der Waals surface area contributed by atoms with Crippen LogP contribution in [0.1, 0.15) is 68.5 Å². The molecule has 0 aromatic heterocycles. The van der Waals surface area contributed by atoms with E-state index in [-0.39, 0.29) is 29.3 Å². The molecule has 268 valence electrons. The van der Waals surface area contributed by atoms with Crippen molar-refractivity contribution in [3.05, 3.63) is 136 Å². The van der Waals surface area contributed by atoms with Gasteiger partial charge in [0.05, 0.1) is 30.1 Å². The van der Waals surface area contributed by atoms with Crippen LogP contribution < -0.4 is 10.1 Å². The van der Waals surface area contributed by atoms with Crippen LogP contribution in [0.2, 0.25) is 18.1 Å². The molecule has 1 saturated heterocycles. The van der Waals surface area contributed by atoms with Gasteiger partial charge in [0.15, 0.2) is 8.32 Å². The first-order valence-electron chi connectivity index (χ1n) is 17.2. The number of nitro benzene ring substituents is 1. The molecule has 0 bridgehead atoms. The molecule has 11 heteroatoms. The molecular formula is C40H47N3O7Si. The van der Waals surface area contributed by atoms with Crippen molar-refractivity contribution in [3.8, 4) is 5.75 Å². The van der Waals surface area contributed by atoms with E-state index in [4.69, 9.17) is 13.9 Å². The van der Waals surface area contributed by atoms with Crippen LogP contribution in [0.15, 0.2) is 109 Å². The Morgan fingerprint density at radius 2 is 1.53 bits per heavy atom. The highest BCUT2D eigenvalue weighted by Gasteiger charge is 2.45. The molecule has 2 amide bonds. The van der Waals surface area contributed by atoms with E-state index in [1.54, 1.807) is 19.2 Å². The maximum absolute atomic E-state index is 15.0. The van der Waals surface area contributed by atoms with Crippen LogP contribution in [0.3, 0.4) is 0 Å². The van der Waals surface area contributed by atoms with E-state index in [2.05, 4.69) is 39.2 Å². The van der Waals surface area contributed by atoms with Gasteiger partial charge in [0, 0.05) is 17.8 Å². The van der Waals surface area contributed by atoms with E-state index in [0.717, 1.165) is 16.7 Å². The first-order chi connectivity index (χ1) is 24.3. The lowest BCUT2D eigenvalue weighted by atomic mass is 9.85. The second-order valence-electron chi connectivity index (χ2n) is 14.4. The number of nitro groups is 1. The summed E-state index contributed by atoms with van der Waals surface area (Å²) in [4.78, 5) is 40.7. The average Bonchev–Trinajstić information content (AvgIpc) is 3.52. The normalized spacial score (nSPS) is 16.5. The highest BCUT2D eigenvalue weighted by Crippen LogP contribution is 2.43. The zero-order chi connectivity index (χ0) is 36.8. The lowest BCUT2D eigenvalue weighted by Crippen LogP contribution is -2.43. The Morgan fingerprint density at radius 3 is 2.10 bits per heavy atom. The van der Waals surface area contributed by atoms with Crippen LogP contribution in [0.25, 0.3) is 0 Å². The third-order valence-corrected chi connectivity index (χ3v) is 14.5. The quantitative estimate of drug-likeness (QED) is 0.0781. The van der Waals surface area contributed by atoms with E-state index in [0.29, 0.717) is 24.3 Å². The molecule has 4 atom stereocenters. The highest BCUT2D eigenvalue weighted by molar-refractivity contribution is 6.74. The number of cyclic esters (lactones) is 1. The molecule has 0 radical (unpaired) electrons. The number of non-ortho nitro benzene ring substituents is 1. The molecule has 1 heterocycles. The molecule has 2 unspecified atom stereocenters. The molecule has 4 aromatic carbocycles. The standard InChI is InChI=1S/C40H47N3O7Si/c1-40(2,3)51(5,6)50-36(29-15-11-8-12-16-29)26-25-34(38(44)42-35(27-49-39(42)45)28-13-9-7-10-14-28)37(30-17-23-33(48-4)24-18-30)41-31-19-21-32(22-20-31)43(46)47/h7-24,34-37,41H,25-27H2,1-6H3/t34?,35-,36-,37?/m1/s1. The minimum Gasteiger partial charge on any atom is -0.497 e. The Morgan fingerprint density at radius 1 is 0.922 bits per heavy atom. The SMILES string of the molecule is COc1ccc(C(Nc2ccc([N+](=O)[O-])cc2)C(CC[C@@H](O[Si](C)(C)C(C)(C)C)c2ccccc2)C(=O)N2C(=O)OC[C@@H]2c2ccccc2)cc1. The summed E-state index contributed by atoms with van der Waals surface area (Å²) in [5, 5.41) is 14.9. The number of amides is 2. The summed E-state index contributed by atoms with van der Waals surface area (Å²) in [6, 6.07) is 31.7. The van der Waals surface area contributed by atoms with Gasteiger partial charge in [0.25, 0.3) is 5.69 Å². The van der Waals surface area contributed by atoms with Gasteiger partial charge in [0.1, 0.15) is 18.4 Å². The number of benzene rings is 4. The van der Waals surface area contributed by atoms with Gasteiger partial charge in [-0.25, -0.2) is 9.69 Å². The van der Waals surface area contributed by atoms with Gasteiger partial charge >= 0.3 is 6.09 Å². The molecule has 1 aliphatic rings. The molecule has 51 heavy (non-hydrogen) atoms. The first kappa shape index (κ1) is 37.3. The number of methoxy groups -OCH3 is 1. The molecule has 1 aliphatic heterocycles. The van der Waals surface area contributed by atoms with Crippen LogP contribution in [-0.4, -0.2) is 43.9 Å². The minimum absolute atomic E-state index is 0.0470. The fourth-order valence-electron chi connectivity index (χ4n) is 6.11. The van der Waals surface area contributed by atoms with Crippen molar-refractivity contribution in [3.63, 3.8) is 0 Å². The number of nitrogens with zero attached hydrogens (tertiary/aromatic N) is 2. The number of carbonyl (C=O) groups is 2. The topological polar surface area (TPSA) is 120 Å². The Balaban J connectivity index is 1.60. The Bertz CT molecular complexity index is 1780. The number of rotatable bonds is 14. The van der Waals surface area contributed by atoms with Crippen LogP contribution in [-0.2, 0) is 14.0 Å². The zero-order valence-corrected chi connectivity index (χ0v) is 31.1. The van der Waals surface area contributed by atoms with Crippen LogP contribution in [0.4, 0.5) is 16.2 Å². The zero-order valence-electron chi connectivity index (χ0n) is 30.1. The fraction of sp³-hybridized carbons (Fsp3) is 0.350. The molecular weight excluding hydrogens is 663 g/mol. The van der Waals surface area contributed by atoms with Crippen molar-refractivity contribution in [1.82, 2.24) is 4.90 Å². The number of hydrogen-bond acceptors (Lipinski definition) is 8. The molecule has 10 nitrogen and oxygen atoms in total. The number of anilines is 1. The summed E-state index contributed by atoms with van der Waals surface area (Å²) in [5.41, 5.74) is 3.12. The average molecular weight is 710 g/mol. The second kappa shape index (κ2) is 15.9. The molecule has 0 aliphatic carbocycles. The lowest BCUT2D eigenvalue weighted by Gasteiger charge is -2.40. The first-order valence-corrected chi connectivity index (χ1v) is 20.1. The van der Waals surface area contributed by atoms with Gasteiger partial charge in [-0.2, -0.15) is 0 Å². The number of ether oxygens (including phenoxy) is 2. The summed E-state index contributed by atoms with van der Waals surface area (Å²) >= 11 is 0. The minimum atomic E-state index is -2.27. The molecule has 1 N–H and O–H groups in total. The molecule has 0 spiro atoms. The molecule has 4 aromatic rings. The summed E-state index contributed by atoms with van der Waals surface area (Å²) < 4.78 is 18.0. The third kappa shape index (κ3) is 8.84.